The molecule has 4 nitrogen and oxygen atoms in total. The van der Waals surface area contributed by atoms with Crippen LogP contribution in [0.3, 0.4) is 0 Å². The van der Waals surface area contributed by atoms with Crippen LogP contribution in [0, 0.1) is 5.92 Å². The summed E-state index contributed by atoms with van der Waals surface area (Å²) in [5.74, 6) is 0.439. The molecule has 0 spiro atoms. The van der Waals surface area contributed by atoms with Gasteiger partial charge in [-0.1, -0.05) is 12.1 Å². The van der Waals surface area contributed by atoms with Gasteiger partial charge in [-0.15, -0.1) is 0 Å². The Bertz CT molecular complexity index is 637. The minimum Gasteiger partial charge on any atom is -0.466 e. The summed E-state index contributed by atoms with van der Waals surface area (Å²) in [5, 5.41) is 13.7. The number of carbonyl (C=O) groups is 1. The fourth-order valence-corrected chi connectivity index (χ4v) is 2.94. The number of nitrogens with one attached hydrogen (secondary N) is 1. The van der Waals surface area contributed by atoms with Crippen molar-refractivity contribution in [3.63, 3.8) is 0 Å². The number of halogens is 1. The van der Waals surface area contributed by atoms with Crippen molar-refractivity contribution in [2.45, 2.75) is 18.4 Å². The topological polar surface area (TPSA) is 62.5 Å². The first-order valence-electron chi connectivity index (χ1n) is 6.90. The van der Waals surface area contributed by atoms with Crippen LogP contribution < -0.4 is 5.32 Å². The van der Waals surface area contributed by atoms with Gasteiger partial charge in [0.15, 0.2) is 0 Å². The Morgan fingerprint density at radius 3 is 2.71 bits per heavy atom. The normalized spacial score (nSPS) is 17.2. The van der Waals surface area contributed by atoms with Crippen molar-refractivity contribution in [2.75, 3.05) is 6.54 Å². The van der Waals surface area contributed by atoms with Gasteiger partial charge in [0.1, 0.15) is 11.4 Å². The second kappa shape index (κ2) is 5.66. The van der Waals surface area contributed by atoms with E-state index < -0.39 is 5.60 Å². The third-order valence-corrected chi connectivity index (χ3v) is 4.53. The highest BCUT2D eigenvalue weighted by atomic mass is 79.9. The molecule has 1 saturated carbocycles. The zero-order valence-corrected chi connectivity index (χ0v) is 13.0. The number of rotatable bonds is 5. The van der Waals surface area contributed by atoms with Crippen LogP contribution in [0.15, 0.2) is 51.6 Å². The highest BCUT2D eigenvalue weighted by molar-refractivity contribution is 9.10. The molecule has 0 bridgehead atoms. The second-order valence-electron chi connectivity index (χ2n) is 5.34. The SMILES string of the molecule is O=C(NC[C@@](O)(c1ccco1)C1CC1)c1ccccc1Br. The van der Waals surface area contributed by atoms with Crippen molar-refractivity contribution >= 4 is 21.8 Å². The first-order chi connectivity index (χ1) is 10.1. The quantitative estimate of drug-likeness (QED) is 0.871. The smallest absolute Gasteiger partial charge is 0.252 e. The summed E-state index contributed by atoms with van der Waals surface area (Å²) >= 11 is 3.36. The van der Waals surface area contributed by atoms with Gasteiger partial charge in [-0.2, -0.15) is 0 Å². The van der Waals surface area contributed by atoms with Crippen LogP contribution in [-0.4, -0.2) is 17.6 Å². The largest absolute Gasteiger partial charge is 0.466 e. The molecule has 2 N–H and O–H groups in total. The van der Waals surface area contributed by atoms with Crippen molar-refractivity contribution in [1.82, 2.24) is 5.32 Å². The maximum Gasteiger partial charge on any atom is 0.252 e. The first kappa shape index (κ1) is 14.4. The Hall–Kier alpha value is -1.59. The third-order valence-electron chi connectivity index (χ3n) is 3.84. The number of hydrogen-bond acceptors (Lipinski definition) is 3. The van der Waals surface area contributed by atoms with Gasteiger partial charge in [0.05, 0.1) is 18.4 Å². The van der Waals surface area contributed by atoms with E-state index >= 15 is 0 Å². The molecule has 2 aromatic rings. The zero-order chi connectivity index (χ0) is 14.9. The zero-order valence-electron chi connectivity index (χ0n) is 11.4. The molecule has 1 aromatic heterocycles. The molecular formula is C16H16BrNO3. The molecule has 1 amide bonds. The fraction of sp³-hybridized carbons (Fsp3) is 0.312. The predicted molar refractivity (Wildman–Crippen MR) is 81.8 cm³/mol. The predicted octanol–water partition coefficient (Wildman–Crippen LogP) is 3.07. The van der Waals surface area contributed by atoms with E-state index in [0.717, 1.165) is 17.3 Å². The highest BCUT2D eigenvalue weighted by Crippen LogP contribution is 2.45. The van der Waals surface area contributed by atoms with E-state index in [0.29, 0.717) is 11.3 Å². The van der Waals surface area contributed by atoms with E-state index in [2.05, 4.69) is 21.2 Å². The van der Waals surface area contributed by atoms with Gasteiger partial charge in [-0.25, -0.2) is 0 Å². The lowest BCUT2D eigenvalue weighted by Gasteiger charge is -2.26. The molecule has 5 heteroatoms. The summed E-state index contributed by atoms with van der Waals surface area (Å²) in [6.07, 6.45) is 3.43. The molecule has 1 aliphatic rings. The monoisotopic (exact) mass is 349 g/mol. The van der Waals surface area contributed by atoms with Crippen LogP contribution in [0.25, 0.3) is 0 Å². The van der Waals surface area contributed by atoms with E-state index in [1.54, 1.807) is 24.3 Å². The summed E-state index contributed by atoms with van der Waals surface area (Å²) in [5.41, 5.74) is -0.574. The molecular weight excluding hydrogens is 334 g/mol. The summed E-state index contributed by atoms with van der Waals surface area (Å²) < 4.78 is 6.08. The maximum absolute atomic E-state index is 12.2. The van der Waals surface area contributed by atoms with Crippen molar-refractivity contribution < 1.29 is 14.3 Å². The molecule has 1 aromatic carbocycles. The third kappa shape index (κ3) is 2.89. The number of hydrogen-bond donors (Lipinski definition) is 2. The van der Waals surface area contributed by atoms with Gasteiger partial charge in [-0.05, 0) is 59.0 Å². The summed E-state index contributed by atoms with van der Waals surface area (Å²) in [7, 11) is 0. The minimum atomic E-state index is -1.12. The molecule has 0 unspecified atom stereocenters. The molecule has 21 heavy (non-hydrogen) atoms. The Labute approximate surface area is 131 Å². The summed E-state index contributed by atoms with van der Waals surface area (Å²) in [6, 6.07) is 10.7. The van der Waals surface area contributed by atoms with Crippen molar-refractivity contribution in [3.05, 3.63) is 58.5 Å². The van der Waals surface area contributed by atoms with Gasteiger partial charge >= 0.3 is 0 Å². The van der Waals surface area contributed by atoms with Crippen LogP contribution in [0.5, 0.6) is 0 Å². The average Bonchev–Trinajstić information content (AvgIpc) is 3.20. The Balaban J connectivity index is 1.74. The molecule has 1 heterocycles. The van der Waals surface area contributed by atoms with Crippen LogP contribution in [0.4, 0.5) is 0 Å². The van der Waals surface area contributed by atoms with Crippen molar-refractivity contribution in [2.24, 2.45) is 5.92 Å². The molecule has 0 radical (unpaired) electrons. The molecule has 0 aliphatic heterocycles. The number of aliphatic hydroxyl groups is 1. The van der Waals surface area contributed by atoms with E-state index in [4.69, 9.17) is 4.42 Å². The fourth-order valence-electron chi connectivity index (χ4n) is 2.47. The van der Waals surface area contributed by atoms with Crippen LogP contribution in [0.1, 0.15) is 29.0 Å². The van der Waals surface area contributed by atoms with Crippen LogP contribution in [-0.2, 0) is 5.60 Å². The number of amides is 1. The molecule has 1 fully saturated rings. The van der Waals surface area contributed by atoms with E-state index in [1.807, 2.05) is 12.1 Å². The summed E-state index contributed by atoms with van der Waals surface area (Å²) in [6.45, 7) is 0.144. The van der Waals surface area contributed by atoms with Crippen LogP contribution >= 0.6 is 15.9 Å². The maximum atomic E-state index is 12.2. The van der Waals surface area contributed by atoms with Gasteiger partial charge in [-0.3, -0.25) is 4.79 Å². The van der Waals surface area contributed by atoms with Gasteiger partial charge in [0.2, 0.25) is 0 Å². The molecule has 110 valence electrons. The lowest BCUT2D eigenvalue weighted by molar-refractivity contribution is -0.00611. The highest BCUT2D eigenvalue weighted by Gasteiger charge is 2.47. The van der Waals surface area contributed by atoms with E-state index in [9.17, 15) is 9.90 Å². The molecule has 1 aliphatic carbocycles. The number of carbonyl (C=O) groups excluding carboxylic acids is 1. The Kier molecular flexibility index (Phi) is 3.87. The van der Waals surface area contributed by atoms with Gasteiger partial charge in [0, 0.05) is 4.47 Å². The first-order valence-corrected chi connectivity index (χ1v) is 7.69. The average molecular weight is 350 g/mol. The Morgan fingerprint density at radius 1 is 1.33 bits per heavy atom. The second-order valence-corrected chi connectivity index (χ2v) is 6.19. The minimum absolute atomic E-state index is 0.142. The van der Waals surface area contributed by atoms with Crippen molar-refractivity contribution in [1.29, 1.82) is 0 Å². The number of furan rings is 1. The van der Waals surface area contributed by atoms with E-state index in [1.165, 1.54) is 6.26 Å². The van der Waals surface area contributed by atoms with Crippen LogP contribution in [0.2, 0.25) is 0 Å². The Morgan fingerprint density at radius 2 is 2.10 bits per heavy atom. The van der Waals surface area contributed by atoms with Crippen molar-refractivity contribution in [3.8, 4) is 0 Å². The standard InChI is InChI=1S/C16H16BrNO3/c17-13-5-2-1-4-12(13)15(19)18-10-16(20,11-7-8-11)14-6-3-9-21-14/h1-6,9,11,20H,7-8,10H2,(H,18,19)/t16-/m0/s1. The molecule has 3 rings (SSSR count). The van der Waals surface area contributed by atoms with E-state index in [-0.39, 0.29) is 18.4 Å². The lowest BCUT2D eigenvalue weighted by atomic mass is 9.94. The van der Waals surface area contributed by atoms with Gasteiger partial charge < -0.3 is 14.8 Å². The molecule has 0 saturated heterocycles. The molecule has 1 atom stereocenters. The lowest BCUT2D eigenvalue weighted by Crippen LogP contribution is -2.42. The van der Waals surface area contributed by atoms with Gasteiger partial charge in [0.25, 0.3) is 5.91 Å². The summed E-state index contributed by atoms with van der Waals surface area (Å²) in [4.78, 5) is 12.2. The number of benzene rings is 1.